The summed E-state index contributed by atoms with van der Waals surface area (Å²) in [6.45, 7) is 9.95. The monoisotopic (exact) mass is 625 g/mol. The molecule has 0 bridgehead atoms. The highest BCUT2D eigenvalue weighted by Gasteiger charge is 2.49. The third-order valence-electron chi connectivity index (χ3n) is 7.77. The number of carbonyl (C=O) groups is 3. The van der Waals surface area contributed by atoms with Crippen LogP contribution in [-0.4, -0.2) is 84.4 Å². The molecule has 0 unspecified atom stereocenters. The highest BCUT2D eigenvalue weighted by Crippen LogP contribution is 2.29. The van der Waals surface area contributed by atoms with Gasteiger partial charge in [0.05, 0.1) is 44.4 Å². The van der Waals surface area contributed by atoms with Crippen LogP contribution in [0.15, 0.2) is 60.7 Å². The van der Waals surface area contributed by atoms with Crippen LogP contribution in [-0.2, 0) is 41.6 Å². The lowest BCUT2D eigenvalue weighted by atomic mass is 9.98. The van der Waals surface area contributed by atoms with Crippen LogP contribution in [0.25, 0.3) is 0 Å². The Hall–Kier alpha value is -3.51. The average Bonchev–Trinajstić information content (AvgIpc) is 3.57. The van der Waals surface area contributed by atoms with Crippen molar-refractivity contribution < 1.29 is 38.4 Å². The largest absolute Gasteiger partial charge is 0.444 e. The van der Waals surface area contributed by atoms with Gasteiger partial charge in [-0.15, -0.1) is 0 Å². The second-order valence-corrected chi connectivity index (χ2v) is 13.0. The minimum Gasteiger partial charge on any atom is -0.444 e. The summed E-state index contributed by atoms with van der Waals surface area (Å²) in [5.41, 5.74) is 1.19. The minimum atomic E-state index is -1.24. The van der Waals surface area contributed by atoms with Crippen molar-refractivity contribution in [2.24, 2.45) is 5.92 Å². The fourth-order valence-corrected chi connectivity index (χ4v) is 5.49. The zero-order valence-electron chi connectivity index (χ0n) is 26.7. The zero-order chi connectivity index (χ0) is 32.6. The Morgan fingerprint density at radius 2 is 1.53 bits per heavy atom. The van der Waals surface area contributed by atoms with Crippen LogP contribution in [0.2, 0.25) is 0 Å². The Kier molecular flexibility index (Phi) is 12.0. The summed E-state index contributed by atoms with van der Waals surface area (Å²) in [5, 5.41) is 19.6. The van der Waals surface area contributed by atoms with E-state index in [2.05, 4.69) is 16.0 Å². The second-order valence-electron chi connectivity index (χ2n) is 13.0. The van der Waals surface area contributed by atoms with E-state index in [4.69, 9.17) is 18.9 Å². The standard InChI is InChI=1S/C34H47N3O8/c1-21(2)29(32(40)35-25-19-43-31-27(20-44-30(25)31)42-18-23-14-10-7-11-15-23)37-28(39)17-26(38)24(16-22-12-8-6-9-13-22)36-33(41)45-34(3,4)5/h6-15,21,24-27,29-31,38H,16-20H2,1-5H3,(H,35,40)(H,36,41)(H,37,39)/t24-,25-,26-,27+,29-,30+,31+/m0/s1. The maximum Gasteiger partial charge on any atom is 0.407 e. The van der Waals surface area contributed by atoms with Crippen molar-refractivity contribution in [2.75, 3.05) is 13.2 Å². The van der Waals surface area contributed by atoms with Gasteiger partial charge >= 0.3 is 6.09 Å². The van der Waals surface area contributed by atoms with Crippen LogP contribution in [0, 0.1) is 5.92 Å². The van der Waals surface area contributed by atoms with Crippen molar-refractivity contribution in [3.8, 4) is 0 Å². The summed E-state index contributed by atoms with van der Waals surface area (Å²) in [5.74, 6) is -1.13. The molecular weight excluding hydrogens is 578 g/mol. The number of ether oxygens (including phenoxy) is 4. The normalized spacial score (nSPS) is 23.1. The van der Waals surface area contributed by atoms with E-state index in [1.54, 1.807) is 20.8 Å². The molecule has 0 spiro atoms. The van der Waals surface area contributed by atoms with Gasteiger partial charge in [-0.3, -0.25) is 9.59 Å². The summed E-state index contributed by atoms with van der Waals surface area (Å²) in [7, 11) is 0. The molecule has 0 saturated carbocycles. The van der Waals surface area contributed by atoms with Crippen molar-refractivity contribution in [1.82, 2.24) is 16.0 Å². The molecule has 11 heteroatoms. The van der Waals surface area contributed by atoms with E-state index in [0.717, 1.165) is 11.1 Å². The molecule has 2 fully saturated rings. The van der Waals surface area contributed by atoms with E-state index in [-0.39, 0.29) is 49.6 Å². The fourth-order valence-electron chi connectivity index (χ4n) is 5.49. The third kappa shape index (κ3) is 10.3. The number of amides is 3. The molecule has 0 radical (unpaired) electrons. The lowest BCUT2D eigenvalue weighted by Gasteiger charge is -2.28. The molecule has 246 valence electrons. The number of alkyl carbamates (subject to hydrolysis) is 1. The van der Waals surface area contributed by atoms with E-state index in [9.17, 15) is 19.5 Å². The Morgan fingerprint density at radius 3 is 2.16 bits per heavy atom. The number of rotatable bonds is 13. The summed E-state index contributed by atoms with van der Waals surface area (Å²) in [6.07, 6.45) is -2.90. The Morgan fingerprint density at radius 1 is 0.911 bits per heavy atom. The Balaban J connectivity index is 1.31. The number of nitrogens with one attached hydrogen (secondary N) is 3. The van der Waals surface area contributed by atoms with Crippen molar-refractivity contribution in [2.45, 2.75) is 102 Å². The van der Waals surface area contributed by atoms with Crippen LogP contribution in [0.1, 0.15) is 52.2 Å². The van der Waals surface area contributed by atoms with Crippen LogP contribution < -0.4 is 16.0 Å². The maximum atomic E-state index is 13.4. The number of benzene rings is 2. The number of hydrogen-bond donors (Lipinski definition) is 4. The highest BCUT2D eigenvalue weighted by atomic mass is 16.6. The van der Waals surface area contributed by atoms with Crippen molar-refractivity contribution in [3.63, 3.8) is 0 Å². The average molecular weight is 626 g/mol. The summed E-state index contributed by atoms with van der Waals surface area (Å²) >= 11 is 0. The zero-order valence-corrected chi connectivity index (χ0v) is 26.7. The lowest BCUT2D eigenvalue weighted by molar-refractivity contribution is -0.132. The SMILES string of the molecule is CC(C)[C@H](NC(=O)C[C@H](O)[C@H](Cc1ccccc1)NC(=O)OC(C)(C)C)C(=O)N[C@H]1CO[C@H]2[C@@H]1OC[C@H]2OCc1ccccc1. The van der Waals surface area contributed by atoms with Gasteiger partial charge in [0.15, 0.2) is 0 Å². The van der Waals surface area contributed by atoms with Crippen molar-refractivity contribution in [3.05, 3.63) is 71.8 Å². The van der Waals surface area contributed by atoms with Crippen LogP contribution in [0.3, 0.4) is 0 Å². The van der Waals surface area contributed by atoms with Crippen LogP contribution >= 0.6 is 0 Å². The number of carbonyl (C=O) groups excluding carboxylic acids is 3. The van der Waals surface area contributed by atoms with Gasteiger partial charge in [-0.2, -0.15) is 0 Å². The van der Waals surface area contributed by atoms with Gasteiger partial charge < -0.3 is 40.0 Å². The number of hydrogen-bond acceptors (Lipinski definition) is 8. The molecule has 11 nitrogen and oxygen atoms in total. The van der Waals surface area contributed by atoms with Gasteiger partial charge in [-0.1, -0.05) is 74.5 Å². The molecule has 2 saturated heterocycles. The van der Waals surface area contributed by atoms with Gasteiger partial charge in [0.1, 0.15) is 30.0 Å². The molecule has 4 rings (SSSR count). The number of fused-ring (bicyclic) bond motifs is 1. The molecule has 7 atom stereocenters. The lowest BCUT2D eigenvalue weighted by Crippen LogP contribution is -2.55. The van der Waals surface area contributed by atoms with Crippen molar-refractivity contribution >= 4 is 17.9 Å². The molecule has 2 heterocycles. The Bertz CT molecular complexity index is 1250. The quantitative estimate of drug-likeness (QED) is 0.266. The predicted molar refractivity (Wildman–Crippen MR) is 167 cm³/mol. The number of aliphatic hydroxyl groups excluding tert-OH is 1. The fraction of sp³-hybridized carbons (Fsp3) is 0.559. The van der Waals surface area contributed by atoms with E-state index in [1.807, 2.05) is 74.5 Å². The highest BCUT2D eigenvalue weighted by molar-refractivity contribution is 5.88. The summed E-state index contributed by atoms with van der Waals surface area (Å²) in [4.78, 5) is 39.1. The molecule has 2 aliphatic rings. The summed E-state index contributed by atoms with van der Waals surface area (Å²) < 4.78 is 23.4. The smallest absolute Gasteiger partial charge is 0.407 e. The first kappa shape index (κ1) is 34.4. The third-order valence-corrected chi connectivity index (χ3v) is 7.77. The van der Waals surface area contributed by atoms with Crippen LogP contribution in [0.4, 0.5) is 4.79 Å². The van der Waals surface area contributed by atoms with E-state index >= 15 is 0 Å². The van der Waals surface area contributed by atoms with Gasteiger partial charge in [0.2, 0.25) is 11.8 Å². The molecule has 2 aromatic rings. The van der Waals surface area contributed by atoms with E-state index in [0.29, 0.717) is 13.2 Å². The first-order chi connectivity index (χ1) is 21.4. The molecular formula is C34H47N3O8. The predicted octanol–water partition coefficient (Wildman–Crippen LogP) is 2.88. The molecule has 3 amide bonds. The Labute approximate surface area is 265 Å². The van der Waals surface area contributed by atoms with E-state index in [1.165, 1.54) is 0 Å². The molecule has 2 aliphatic heterocycles. The summed E-state index contributed by atoms with van der Waals surface area (Å²) in [6, 6.07) is 17.1. The first-order valence-electron chi connectivity index (χ1n) is 15.6. The van der Waals surface area contributed by atoms with E-state index < -0.39 is 41.8 Å². The van der Waals surface area contributed by atoms with Gasteiger partial charge in [0, 0.05) is 0 Å². The van der Waals surface area contributed by atoms with Gasteiger partial charge in [-0.25, -0.2) is 4.79 Å². The van der Waals surface area contributed by atoms with Gasteiger partial charge in [0.25, 0.3) is 0 Å². The molecule has 4 N–H and O–H groups in total. The van der Waals surface area contributed by atoms with Crippen LogP contribution in [0.5, 0.6) is 0 Å². The minimum absolute atomic E-state index is 0.240. The maximum absolute atomic E-state index is 13.4. The van der Waals surface area contributed by atoms with Crippen molar-refractivity contribution in [1.29, 1.82) is 0 Å². The first-order valence-corrected chi connectivity index (χ1v) is 15.6. The number of aliphatic hydroxyl groups is 1. The molecule has 45 heavy (non-hydrogen) atoms. The molecule has 0 aromatic heterocycles. The molecule has 2 aromatic carbocycles. The second kappa shape index (κ2) is 15.7. The topological polar surface area (TPSA) is 144 Å². The van der Waals surface area contributed by atoms with Gasteiger partial charge in [-0.05, 0) is 44.2 Å². The molecule has 0 aliphatic carbocycles.